The highest BCUT2D eigenvalue weighted by Crippen LogP contribution is 2.17. The van der Waals surface area contributed by atoms with Crippen molar-refractivity contribution >= 4 is 5.91 Å². The molecule has 1 aliphatic heterocycles. The molecule has 0 spiro atoms. The summed E-state index contributed by atoms with van der Waals surface area (Å²) in [5.74, 6) is 0.296. The summed E-state index contributed by atoms with van der Waals surface area (Å²) in [6, 6.07) is 0.302. The Morgan fingerprint density at radius 1 is 1.43 bits per heavy atom. The van der Waals surface area contributed by atoms with Crippen molar-refractivity contribution in [3.8, 4) is 0 Å². The van der Waals surface area contributed by atoms with Crippen molar-refractivity contribution in [2.75, 3.05) is 13.1 Å². The molecule has 1 saturated heterocycles. The van der Waals surface area contributed by atoms with Crippen LogP contribution < -0.4 is 5.73 Å². The summed E-state index contributed by atoms with van der Waals surface area (Å²) in [6.07, 6.45) is 6.31. The fraction of sp³-hybridized carbons (Fsp3) is 0.909. The molecule has 0 aliphatic carbocycles. The van der Waals surface area contributed by atoms with E-state index in [-0.39, 0.29) is 0 Å². The second-order valence-electron chi connectivity index (χ2n) is 4.08. The number of hydrogen-bond acceptors (Lipinski definition) is 2. The smallest absolute Gasteiger partial charge is 0.222 e. The van der Waals surface area contributed by atoms with E-state index in [1.165, 1.54) is 12.8 Å². The van der Waals surface area contributed by atoms with E-state index >= 15 is 0 Å². The molecule has 1 aliphatic rings. The van der Waals surface area contributed by atoms with Gasteiger partial charge in [0.1, 0.15) is 0 Å². The van der Waals surface area contributed by atoms with Crippen molar-refractivity contribution in [3.63, 3.8) is 0 Å². The van der Waals surface area contributed by atoms with Gasteiger partial charge in [0.25, 0.3) is 0 Å². The summed E-state index contributed by atoms with van der Waals surface area (Å²) in [4.78, 5) is 13.8. The molecule has 0 bridgehead atoms. The highest BCUT2D eigenvalue weighted by molar-refractivity contribution is 5.76. The number of amides is 1. The third-order valence-corrected chi connectivity index (χ3v) is 2.93. The molecule has 0 aromatic carbocycles. The van der Waals surface area contributed by atoms with Crippen LogP contribution in [0, 0.1) is 0 Å². The molecule has 0 saturated carbocycles. The molecule has 1 unspecified atom stereocenters. The van der Waals surface area contributed by atoms with Gasteiger partial charge in [0.2, 0.25) is 5.91 Å². The van der Waals surface area contributed by atoms with Gasteiger partial charge >= 0.3 is 0 Å². The highest BCUT2D eigenvalue weighted by Gasteiger charge is 2.23. The zero-order chi connectivity index (χ0) is 10.4. The second-order valence-corrected chi connectivity index (χ2v) is 4.08. The minimum Gasteiger partial charge on any atom is -0.338 e. The Labute approximate surface area is 86.6 Å². The van der Waals surface area contributed by atoms with E-state index in [2.05, 4.69) is 0 Å². The largest absolute Gasteiger partial charge is 0.338 e. The van der Waals surface area contributed by atoms with Gasteiger partial charge in [-0.25, -0.2) is 0 Å². The average Bonchev–Trinajstić information content (AvgIpc) is 2.42. The summed E-state index contributed by atoms with van der Waals surface area (Å²) in [5, 5.41) is 0. The van der Waals surface area contributed by atoms with E-state index in [0.29, 0.717) is 24.9 Å². The Balaban J connectivity index is 2.55. The van der Waals surface area contributed by atoms with Gasteiger partial charge in [0.05, 0.1) is 0 Å². The minimum absolute atomic E-state index is 0.296. The van der Waals surface area contributed by atoms with E-state index in [9.17, 15) is 4.79 Å². The van der Waals surface area contributed by atoms with Crippen LogP contribution in [0.5, 0.6) is 0 Å². The Bertz CT molecular complexity index is 182. The molecule has 3 heteroatoms. The van der Waals surface area contributed by atoms with Crippen LogP contribution in [0.15, 0.2) is 0 Å². The molecule has 0 radical (unpaired) electrons. The first-order chi connectivity index (χ1) is 6.79. The van der Waals surface area contributed by atoms with Crippen molar-refractivity contribution in [2.45, 2.75) is 51.5 Å². The predicted octanol–water partition coefficient (Wildman–Crippen LogP) is 1.52. The minimum atomic E-state index is 0.296. The van der Waals surface area contributed by atoms with Crippen molar-refractivity contribution in [3.05, 3.63) is 0 Å². The van der Waals surface area contributed by atoms with Crippen LogP contribution in [0.25, 0.3) is 0 Å². The molecule has 14 heavy (non-hydrogen) atoms. The van der Waals surface area contributed by atoms with Crippen LogP contribution in [0.1, 0.15) is 45.4 Å². The third-order valence-electron chi connectivity index (χ3n) is 2.93. The van der Waals surface area contributed by atoms with Crippen LogP contribution in [0.4, 0.5) is 0 Å². The number of carbonyl (C=O) groups excluding carboxylic acids is 1. The summed E-state index contributed by atoms with van der Waals surface area (Å²) in [7, 11) is 0. The molecule has 3 nitrogen and oxygen atoms in total. The first-order valence-corrected chi connectivity index (χ1v) is 5.79. The first kappa shape index (κ1) is 11.5. The molecule has 1 amide bonds. The standard InChI is InChI=1S/C11H22N2O/c1-2-6-11(14)13-8-5-3-4-7-10(13)9-12/h10H,2-9,12H2,1H3. The fourth-order valence-electron chi connectivity index (χ4n) is 2.11. The molecule has 2 N–H and O–H groups in total. The van der Waals surface area contributed by atoms with Gasteiger partial charge in [-0.05, 0) is 19.3 Å². The van der Waals surface area contributed by atoms with Gasteiger partial charge in [-0.3, -0.25) is 4.79 Å². The molecule has 1 rings (SSSR count). The van der Waals surface area contributed by atoms with Gasteiger partial charge in [0, 0.05) is 25.6 Å². The van der Waals surface area contributed by atoms with Gasteiger partial charge in [0.15, 0.2) is 0 Å². The van der Waals surface area contributed by atoms with Crippen LogP contribution >= 0.6 is 0 Å². The van der Waals surface area contributed by atoms with E-state index < -0.39 is 0 Å². The topological polar surface area (TPSA) is 46.3 Å². The zero-order valence-electron chi connectivity index (χ0n) is 9.17. The molecule has 1 heterocycles. The van der Waals surface area contributed by atoms with Crippen molar-refractivity contribution < 1.29 is 4.79 Å². The SMILES string of the molecule is CCCC(=O)N1CCCCCC1CN. The lowest BCUT2D eigenvalue weighted by atomic mass is 10.1. The Kier molecular flexibility index (Phi) is 4.94. The molecular weight excluding hydrogens is 176 g/mol. The third kappa shape index (κ3) is 2.98. The maximum atomic E-state index is 11.8. The molecule has 1 atom stereocenters. The summed E-state index contributed by atoms with van der Waals surface area (Å²) in [6.45, 7) is 3.59. The van der Waals surface area contributed by atoms with Crippen LogP contribution in [0.3, 0.4) is 0 Å². The van der Waals surface area contributed by atoms with Gasteiger partial charge < -0.3 is 10.6 Å². The lowest BCUT2D eigenvalue weighted by Crippen LogP contribution is -2.43. The molecule has 0 aromatic heterocycles. The Morgan fingerprint density at radius 2 is 2.21 bits per heavy atom. The summed E-state index contributed by atoms with van der Waals surface area (Å²) >= 11 is 0. The Morgan fingerprint density at radius 3 is 2.86 bits per heavy atom. The highest BCUT2D eigenvalue weighted by atomic mass is 16.2. The second kappa shape index (κ2) is 6.02. The lowest BCUT2D eigenvalue weighted by Gasteiger charge is -2.29. The number of likely N-dealkylation sites (tertiary alicyclic amines) is 1. The first-order valence-electron chi connectivity index (χ1n) is 5.79. The van der Waals surface area contributed by atoms with Crippen LogP contribution in [-0.4, -0.2) is 29.9 Å². The average molecular weight is 198 g/mol. The number of nitrogens with two attached hydrogens (primary N) is 1. The fourth-order valence-corrected chi connectivity index (χ4v) is 2.11. The summed E-state index contributed by atoms with van der Waals surface area (Å²) < 4.78 is 0. The normalized spacial score (nSPS) is 23.3. The maximum Gasteiger partial charge on any atom is 0.222 e. The number of carbonyl (C=O) groups is 1. The lowest BCUT2D eigenvalue weighted by molar-refractivity contribution is -0.133. The summed E-state index contributed by atoms with van der Waals surface area (Å²) in [5.41, 5.74) is 5.70. The molecule has 82 valence electrons. The van der Waals surface area contributed by atoms with Crippen molar-refractivity contribution in [1.82, 2.24) is 4.90 Å². The number of nitrogens with zero attached hydrogens (tertiary/aromatic N) is 1. The van der Waals surface area contributed by atoms with Gasteiger partial charge in [-0.2, -0.15) is 0 Å². The molecule has 1 fully saturated rings. The molecule has 0 aromatic rings. The van der Waals surface area contributed by atoms with E-state index in [1.807, 2.05) is 11.8 Å². The predicted molar refractivity (Wildman–Crippen MR) is 57.9 cm³/mol. The number of rotatable bonds is 3. The van der Waals surface area contributed by atoms with E-state index in [1.54, 1.807) is 0 Å². The van der Waals surface area contributed by atoms with Crippen LogP contribution in [-0.2, 0) is 4.79 Å². The zero-order valence-corrected chi connectivity index (χ0v) is 9.17. The van der Waals surface area contributed by atoms with E-state index in [4.69, 9.17) is 5.73 Å². The Hall–Kier alpha value is -0.570. The van der Waals surface area contributed by atoms with Gasteiger partial charge in [-0.1, -0.05) is 19.8 Å². The van der Waals surface area contributed by atoms with Crippen molar-refractivity contribution in [1.29, 1.82) is 0 Å². The number of hydrogen-bond donors (Lipinski definition) is 1. The van der Waals surface area contributed by atoms with Crippen LogP contribution in [0.2, 0.25) is 0 Å². The quantitative estimate of drug-likeness (QED) is 0.747. The van der Waals surface area contributed by atoms with Crippen molar-refractivity contribution in [2.24, 2.45) is 5.73 Å². The monoisotopic (exact) mass is 198 g/mol. The molecular formula is C11H22N2O. The maximum absolute atomic E-state index is 11.8. The van der Waals surface area contributed by atoms with E-state index in [0.717, 1.165) is 25.8 Å². The van der Waals surface area contributed by atoms with Gasteiger partial charge in [-0.15, -0.1) is 0 Å².